The molecule has 0 N–H and O–H groups in total. The van der Waals surface area contributed by atoms with E-state index in [2.05, 4.69) is 28.1 Å². The summed E-state index contributed by atoms with van der Waals surface area (Å²) in [6, 6.07) is 8.28. The molecule has 1 aliphatic heterocycles. The van der Waals surface area contributed by atoms with E-state index in [9.17, 15) is 8.78 Å². The highest BCUT2D eigenvalue weighted by Crippen LogP contribution is 2.22. The van der Waals surface area contributed by atoms with Crippen LogP contribution in [0.3, 0.4) is 0 Å². The van der Waals surface area contributed by atoms with E-state index in [0.717, 1.165) is 24.0 Å². The zero-order valence-electron chi connectivity index (χ0n) is 9.58. The van der Waals surface area contributed by atoms with Crippen LogP contribution in [0.5, 0.6) is 0 Å². The van der Waals surface area contributed by atoms with Gasteiger partial charge in [0.2, 0.25) is 0 Å². The molecule has 1 atom stereocenters. The van der Waals surface area contributed by atoms with Gasteiger partial charge in [0, 0.05) is 24.1 Å². The molecule has 1 fully saturated rings. The van der Waals surface area contributed by atoms with Crippen LogP contribution in [0, 0.1) is 5.92 Å². The molecule has 0 radical (unpaired) electrons. The maximum atomic E-state index is 12.8. The van der Waals surface area contributed by atoms with Crippen molar-refractivity contribution in [3.8, 4) is 0 Å². The predicted octanol–water partition coefficient (Wildman–Crippen LogP) is 3.23. The summed E-state index contributed by atoms with van der Waals surface area (Å²) in [6.07, 6.45) is -0.292. The Morgan fingerprint density at radius 1 is 1.29 bits per heavy atom. The molecule has 0 aromatic heterocycles. The van der Waals surface area contributed by atoms with Crippen LogP contribution in [0.4, 0.5) is 8.78 Å². The summed E-state index contributed by atoms with van der Waals surface area (Å²) >= 11 is 3.40. The first-order valence-electron chi connectivity index (χ1n) is 5.84. The molecule has 1 unspecified atom stereocenters. The lowest BCUT2D eigenvalue weighted by molar-refractivity contribution is 0.0637. The Hall–Kier alpha value is -0.480. The van der Waals surface area contributed by atoms with Crippen LogP contribution in [0.15, 0.2) is 28.7 Å². The Morgan fingerprint density at radius 2 is 1.94 bits per heavy atom. The lowest BCUT2D eigenvalue weighted by Gasteiger charge is -2.39. The molecule has 0 saturated carbocycles. The molecule has 1 heterocycles. The highest BCUT2D eigenvalue weighted by molar-refractivity contribution is 9.10. The number of alkyl halides is 2. The molecule has 0 bridgehead atoms. The summed E-state index contributed by atoms with van der Waals surface area (Å²) in [5.74, 6) is 0.586. The van der Waals surface area contributed by atoms with Gasteiger partial charge in [-0.1, -0.05) is 28.1 Å². The molecule has 0 aliphatic carbocycles. The smallest absolute Gasteiger partial charge is 0.141 e. The van der Waals surface area contributed by atoms with E-state index in [-0.39, 0.29) is 6.54 Å². The van der Waals surface area contributed by atoms with E-state index in [1.165, 1.54) is 5.56 Å². The summed E-state index contributed by atoms with van der Waals surface area (Å²) in [4.78, 5) is 1.98. The molecule has 0 amide bonds. The van der Waals surface area contributed by atoms with Gasteiger partial charge in [-0.25, -0.2) is 8.78 Å². The minimum absolute atomic E-state index is 0.243. The van der Waals surface area contributed by atoms with Gasteiger partial charge in [0.1, 0.15) is 12.8 Å². The van der Waals surface area contributed by atoms with Gasteiger partial charge in [-0.05, 0) is 30.0 Å². The largest absolute Gasteiger partial charge is 0.300 e. The Kier molecular flexibility index (Phi) is 4.51. The monoisotopic (exact) mass is 303 g/mol. The van der Waals surface area contributed by atoms with Crippen molar-refractivity contribution in [3.05, 3.63) is 34.3 Å². The standard InChI is InChI=1S/C13H16BrF2N/c14-12-3-1-10(2-4-12)5-11-7-17(8-11)9-13(16)6-15/h1-4,11,13H,5-9H2. The van der Waals surface area contributed by atoms with E-state index in [4.69, 9.17) is 0 Å². The molecule has 17 heavy (non-hydrogen) atoms. The first-order valence-corrected chi connectivity index (χ1v) is 6.63. The van der Waals surface area contributed by atoms with Crippen molar-refractivity contribution in [1.29, 1.82) is 0 Å². The van der Waals surface area contributed by atoms with Gasteiger partial charge in [0.25, 0.3) is 0 Å². The topological polar surface area (TPSA) is 3.24 Å². The molecule has 4 heteroatoms. The fourth-order valence-electron chi connectivity index (χ4n) is 2.24. The number of hydrogen-bond donors (Lipinski definition) is 0. The minimum atomic E-state index is -1.32. The lowest BCUT2D eigenvalue weighted by atomic mass is 9.92. The number of rotatable bonds is 5. The zero-order valence-corrected chi connectivity index (χ0v) is 11.2. The normalized spacial score (nSPS) is 19.0. The van der Waals surface area contributed by atoms with Crippen LogP contribution in [0.2, 0.25) is 0 Å². The van der Waals surface area contributed by atoms with Crippen molar-refractivity contribution in [1.82, 2.24) is 4.90 Å². The molecule has 1 aliphatic rings. The molecular weight excluding hydrogens is 288 g/mol. The third-order valence-electron chi connectivity index (χ3n) is 3.09. The van der Waals surface area contributed by atoms with Gasteiger partial charge in [-0.15, -0.1) is 0 Å². The van der Waals surface area contributed by atoms with Gasteiger partial charge in [0.15, 0.2) is 0 Å². The number of likely N-dealkylation sites (tertiary alicyclic amines) is 1. The van der Waals surface area contributed by atoms with E-state index in [1.54, 1.807) is 0 Å². The fourth-order valence-corrected chi connectivity index (χ4v) is 2.50. The second-order valence-corrected chi connectivity index (χ2v) is 5.58. The van der Waals surface area contributed by atoms with Crippen molar-refractivity contribution < 1.29 is 8.78 Å². The molecule has 1 saturated heterocycles. The van der Waals surface area contributed by atoms with Crippen molar-refractivity contribution in [2.24, 2.45) is 5.92 Å². The van der Waals surface area contributed by atoms with Gasteiger partial charge in [0.05, 0.1) is 0 Å². The molecule has 94 valence electrons. The van der Waals surface area contributed by atoms with Gasteiger partial charge in [-0.2, -0.15) is 0 Å². The van der Waals surface area contributed by atoms with Crippen LogP contribution in [0.25, 0.3) is 0 Å². The van der Waals surface area contributed by atoms with Crippen LogP contribution in [-0.2, 0) is 6.42 Å². The van der Waals surface area contributed by atoms with Gasteiger partial charge in [-0.3, -0.25) is 4.90 Å². The van der Waals surface area contributed by atoms with E-state index in [0.29, 0.717) is 5.92 Å². The third kappa shape index (κ3) is 3.75. The SMILES string of the molecule is FCC(F)CN1CC(Cc2ccc(Br)cc2)C1. The van der Waals surface area contributed by atoms with Crippen molar-refractivity contribution in [2.75, 3.05) is 26.3 Å². The van der Waals surface area contributed by atoms with Crippen LogP contribution >= 0.6 is 15.9 Å². The van der Waals surface area contributed by atoms with Crippen molar-refractivity contribution >= 4 is 15.9 Å². The van der Waals surface area contributed by atoms with Crippen molar-refractivity contribution in [3.63, 3.8) is 0 Å². The highest BCUT2D eigenvalue weighted by atomic mass is 79.9. The van der Waals surface area contributed by atoms with Gasteiger partial charge < -0.3 is 0 Å². The Morgan fingerprint density at radius 3 is 2.53 bits per heavy atom. The fraction of sp³-hybridized carbons (Fsp3) is 0.538. The molecule has 0 spiro atoms. The van der Waals surface area contributed by atoms with E-state index >= 15 is 0 Å². The number of nitrogens with zero attached hydrogens (tertiary/aromatic N) is 1. The zero-order chi connectivity index (χ0) is 12.3. The summed E-state index contributed by atoms with van der Waals surface area (Å²) in [5, 5.41) is 0. The molecular formula is C13H16BrF2N. The maximum Gasteiger partial charge on any atom is 0.141 e. The lowest BCUT2D eigenvalue weighted by Crippen LogP contribution is -2.50. The first-order chi connectivity index (χ1) is 8.17. The highest BCUT2D eigenvalue weighted by Gasteiger charge is 2.28. The first kappa shape index (κ1) is 13.0. The average molecular weight is 304 g/mol. The predicted molar refractivity (Wildman–Crippen MR) is 68.6 cm³/mol. The third-order valence-corrected chi connectivity index (χ3v) is 3.62. The molecule has 2 rings (SSSR count). The summed E-state index contributed by atoms with van der Waals surface area (Å²) in [6.45, 7) is 1.15. The second kappa shape index (κ2) is 5.91. The summed E-state index contributed by atoms with van der Waals surface area (Å²) in [5.41, 5.74) is 1.31. The maximum absolute atomic E-state index is 12.8. The minimum Gasteiger partial charge on any atom is -0.300 e. The Bertz CT molecular complexity index is 349. The average Bonchev–Trinajstić information content (AvgIpc) is 2.28. The van der Waals surface area contributed by atoms with Crippen LogP contribution in [0.1, 0.15) is 5.56 Å². The number of halogens is 3. The van der Waals surface area contributed by atoms with E-state index in [1.807, 2.05) is 17.0 Å². The van der Waals surface area contributed by atoms with Crippen LogP contribution in [-0.4, -0.2) is 37.4 Å². The quantitative estimate of drug-likeness (QED) is 0.807. The summed E-state index contributed by atoms with van der Waals surface area (Å²) < 4.78 is 25.8. The second-order valence-electron chi connectivity index (χ2n) is 4.67. The molecule has 1 nitrogen and oxygen atoms in total. The van der Waals surface area contributed by atoms with Gasteiger partial charge >= 0.3 is 0 Å². The Balaban J connectivity index is 1.72. The number of benzene rings is 1. The van der Waals surface area contributed by atoms with Crippen molar-refractivity contribution in [2.45, 2.75) is 12.6 Å². The summed E-state index contributed by atoms with van der Waals surface area (Å²) in [7, 11) is 0. The molecule has 1 aromatic rings. The van der Waals surface area contributed by atoms with E-state index < -0.39 is 12.8 Å². The molecule has 1 aromatic carbocycles. The van der Waals surface area contributed by atoms with Crippen LogP contribution < -0.4 is 0 Å². The Labute approximate surface area is 109 Å². The number of hydrogen-bond acceptors (Lipinski definition) is 1.